The van der Waals surface area contributed by atoms with Gasteiger partial charge in [-0.2, -0.15) is 0 Å². The van der Waals surface area contributed by atoms with Gasteiger partial charge in [0.2, 0.25) is 5.24 Å². The molecule has 0 unspecified atom stereocenters. The fraction of sp³-hybridized carbons (Fsp3) is 0.545. The molecule has 1 fully saturated rings. The van der Waals surface area contributed by atoms with Gasteiger partial charge >= 0.3 is 6.09 Å². The molecule has 5 nitrogen and oxygen atoms in total. The van der Waals surface area contributed by atoms with Crippen LogP contribution in [-0.4, -0.2) is 40.5 Å². The topological polar surface area (TPSA) is 55.8 Å². The van der Waals surface area contributed by atoms with Crippen molar-refractivity contribution in [2.75, 3.05) is 0 Å². The van der Waals surface area contributed by atoms with Gasteiger partial charge in [-0.1, -0.05) is 68.7 Å². The first-order valence-electron chi connectivity index (χ1n) is 10.1. The van der Waals surface area contributed by atoms with Gasteiger partial charge in [-0.25, -0.2) is 4.79 Å². The molecule has 1 aromatic carbocycles. The average molecular weight is 406 g/mol. The van der Waals surface area contributed by atoms with E-state index in [-0.39, 0.29) is 36.8 Å². The SMILES string of the molecule is CCCCC[C@H](OCc1ccccc1)[C@@H]1OC(=O)N2[C@@H](CC(=O)Cl)CC=C[C@H]12. The van der Waals surface area contributed by atoms with Gasteiger partial charge in [0.05, 0.1) is 18.8 Å². The Balaban J connectivity index is 1.73. The van der Waals surface area contributed by atoms with Crippen molar-refractivity contribution in [2.45, 2.75) is 76.3 Å². The number of ether oxygens (including phenoxy) is 2. The van der Waals surface area contributed by atoms with Crippen molar-refractivity contribution in [1.29, 1.82) is 0 Å². The molecule has 0 N–H and O–H groups in total. The maximum absolute atomic E-state index is 12.6. The Morgan fingerprint density at radius 2 is 2.11 bits per heavy atom. The molecule has 28 heavy (non-hydrogen) atoms. The van der Waals surface area contributed by atoms with Crippen LogP contribution < -0.4 is 0 Å². The number of benzene rings is 1. The molecule has 1 aromatic rings. The molecule has 0 radical (unpaired) electrons. The fourth-order valence-electron chi connectivity index (χ4n) is 3.99. The third-order valence-electron chi connectivity index (χ3n) is 5.40. The number of carbonyl (C=O) groups is 2. The molecule has 3 rings (SSSR count). The molecule has 2 heterocycles. The summed E-state index contributed by atoms with van der Waals surface area (Å²) in [5.41, 5.74) is 1.09. The van der Waals surface area contributed by atoms with Gasteiger partial charge in [0.1, 0.15) is 0 Å². The molecular formula is C22H28ClNO4. The molecule has 0 aliphatic carbocycles. The lowest BCUT2D eigenvalue weighted by Gasteiger charge is -2.34. The van der Waals surface area contributed by atoms with Crippen molar-refractivity contribution >= 4 is 22.9 Å². The highest BCUT2D eigenvalue weighted by molar-refractivity contribution is 6.63. The van der Waals surface area contributed by atoms with Crippen molar-refractivity contribution < 1.29 is 19.1 Å². The quantitative estimate of drug-likeness (QED) is 0.318. The average Bonchev–Trinajstić information content (AvgIpc) is 3.02. The second-order valence-electron chi connectivity index (χ2n) is 7.45. The molecule has 2 aliphatic rings. The molecule has 2 aliphatic heterocycles. The zero-order valence-corrected chi connectivity index (χ0v) is 17.0. The summed E-state index contributed by atoms with van der Waals surface area (Å²) >= 11 is 5.58. The maximum atomic E-state index is 12.6. The Hall–Kier alpha value is -1.85. The number of cyclic esters (lactones) is 1. The lowest BCUT2D eigenvalue weighted by molar-refractivity contribution is -0.112. The van der Waals surface area contributed by atoms with Crippen LogP contribution in [-0.2, 0) is 20.9 Å². The van der Waals surface area contributed by atoms with E-state index in [0.717, 1.165) is 31.2 Å². The Morgan fingerprint density at radius 1 is 1.32 bits per heavy atom. The predicted molar refractivity (Wildman–Crippen MR) is 108 cm³/mol. The number of halogens is 1. The van der Waals surface area contributed by atoms with Crippen LogP contribution in [0.1, 0.15) is 51.0 Å². The monoisotopic (exact) mass is 405 g/mol. The summed E-state index contributed by atoms with van der Waals surface area (Å²) in [6, 6.07) is 9.54. The van der Waals surface area contributed by atoms with Gasteiger partial charge in [-0.05, 0) is 30.0 Å². The van der Waals surface area contributed by atoms with Crippen LogP contribution in [0.5, 0.6) is 0 Å². The zero-order valence-electron chi connectivity index (χ0n) is 16.3. The molecule has 152 valence electrons. The van der Waals surface area contributed by atoms with E-state index >= 15 is 0 Å². The number of nitrogens with zero attached hydrogens (tertiary/aromatic N) is 1. The summed E-state index contributed by atoms with van der Waals surface area (Å²) in [6.07, 6.45) is 7.89. The van der Waals surface area contributed by atoms with Gasteiger partial charge in [0.15, 0.2) is 6.10 Å². The molecule has 0 aromatic heterocycles. The second-order valence-corrected chi connectivity index (χ2v) is 7.88. The zero-order chi connectivity index (χ0) is 19.9. The second kappa shape index (κ2) is 10.1. The van der Waals surface area contributed by atoms with Gasteiger partial charge in [-0.15, -0.1) is 0 Å². The lowest BCUT2D eigenvalue weighted by Crippen LogP contribution is -2.48. The number of hydrogen-bond donors (Lipinski definition) is 0. The molecule has 1 saturated heterocycles. The van der Waals surface area contributed by atoms with E-state index in [2.05, 4.69) is 6.92 Å². The van der Waals surface area contributed by atoms with Crippen LogP contribution in [0.15, 0.2) is 42.5 Å². The summed E-state index contributed by atoms with van der Waals surface area (Å²) in [5, 5.41) is -0.435. The van der Waals surface area contributed by atoms with Crippen LogP contribution in [0.4, 0.5) is 4.79 Å². The predicted octanol–water partition coefficient (Wildman–Crippen LogP) is 4.83. The highest BCUT2D eigenvalue weighted by Crippen LogP contribution is 2.34. The Labute approximate surface area is 171 Å². The summed E-state index contributed by atoms with van der Waals surface area (Å²) in [6.45, 7) is 2.64. The maximum Gasteiger partial charge on any atom is 0.411 e. The van der Waals surface area contributed by atoms with Crippen molar-refractivity contribution in [3.8, 4) is 0 Å². The number of carbonyl (C=O) groups excluding carboxylic acids is 2. The standard InChI is InChI=1S/C22H28ClNO4/c1-2-3-5-13-19(27-15-16-9-6-4-7-10-16)21-18-12-8-11-17(14-20(23)25)24(18)22(26)28-21/h4,6-10,12,17-19,21H,2-3,5,11,13-15H2,1H3/t17-,18-,19+,21-/m1/s1. The summed E-state index contributed by atoms with van der Waals surface area (Å²) < 4.78 is 12.0. The van der Waals surface area contributed by atoms with E-state index in [0.29, 0.717) is 13.0 Å². The molecule has 0 spiro atoms. The highest BCUT2D eigenvalue weighted by atomic mass is 35.5. The van der Waals surface area contributed by atoms with E-state index in [9.17, 15) is 9.59 Å². The summed E-state index contributed by atoms with van der Waals surface area (Å²) in [4.78, 5) is 25.6. The Morgan fingerprint density at radius 3 is 2.82 bits per heavy atom. The van der Waals surface area contributed by atoms with Crippen LogP contribution >= 0.6 is 11.6 Å². The van der Waals surface area contributed by atoms with Crippen LogP contribution in [0, 0.1) is 0 Å². The summed E-state index contributed by atoms with van der Waals surface area (Å²) in [5.74, 6) is 0. The minimum atomic E-state index is -0.435. The van der Waals surface area contributed by atoms with Gasteiger partial charge in [0.25, 0.3) is 0 Å². The van der Waals surface area contributed by atoms with Crippen LogP contribution in [0.3, 0.4) is 0 Å². The normalized spacial score (nSPS) is 24.7. The summed E-state index contributed by atoms with van der Waals surface area (Å²) in [7, 11) is 0. The van der Waals surface area contributed by atoms with E-state index in [1.54, 1.807) is 4.90 Å². The molecule has 1 amide bonds. The Bertz CT molecular complexity index is 693. The number of fused-ring (bicyclic) bond motifs is 1. The van der Waals surface area contributed by atoms with E-state index in [1.165, 1.54) is 0 Å². The van der Waals surface area contributed by atoms with Gasteiger partial charge in [-0.3, -0.25) is 9.69 Å². The molecule has 6 heteroatoms. The molecular weight excluding hydrogens is 378 g/mol. The molecule has 4 atom stereocenters. The molecule has 0 saturated carbocycles. The van der Waals surface area contributed by atoms with Crippen LogP contribution in [0.25, 0.3) is 0 Å². The van der Waals surface area contributed by atoms with E-state index in [1.807, 2.05) is 42.5 Å². The Kier molecular flexibility index (Phi) is 7.51. The van der Waals surface area contributed by atoms with Crippen molar-refractivity contribution in [1.82, 2.24) is 4.90 Å². The van der Waals surface area contributed by atoms with E-state index < -0.39 is 5.24 Å². The van der Waals surface area contributed by atoms with Gasteiger partial charge in [0, 0.05) is 12.5 Å². The first kappa shape index (κ1) is 20.9. The van der Waals surface area contributed by atoms with Crippen LogP contribution in [0.2, 0.25) is 0 Å². The fourth-order valence-corrected chi connectivity index (χ4v) is 4.17. The third-order valence-corrected chi connectivity index (χ3v) is 5.56. The molecule has 0 bridgehead atoms. The van der Waals surface area contributed by atoms with Crippen molar-refractivity contribution in [2.24, 2.45) is 0 Å². The first-order chi connectivity index (χ1) is 13.6. The lowest BCUT2D eigenvalue weighted by atomic mass is 9.94. The number of amides is 1. The third kappa shape index (κ3) is 5.15. The van der Waals surface area contributed by atoms with Crippen molar-refractivity contribution in [3.05, 3.63) is 48.0 Å². The van der Waals surface area contributed by atoms with Crippen molar-refractivity contribution in [3.63, 3.8) is 0 Å². The first-order valence-corrected chi connectivity index (χ1v) is 10.5. The largest absolute Gasteiger partial charge is 0.441 e. The van der Waals surface area contributed by atoms with Gasteiger partial charge < -0.3 is 9.47 Å². The number of rotatable bonds is 10. The smallest absolute Gasteiger partial charge is 0.411 e. The minimum absolute atomic E-state index is 0.135. The highest BCUT2D eigenvalue weighted by Gasteiger charge is 2.48. The number of hydrogen-bond acceptors (Lipinski definition) is 4. The number of unbranched alkanes of at least 4 members (excludes halogenated alkanes) is 2. The minimum Gasteiger partial charge on any atom is -0.441 e. The van der Waals surface area contributed by atoms with E-state index in [4.69, 9.17) is 21.1 Å².